The van der Waals surface area contributed by atoms with Crippen molar-refractivity contribution in [2.24, 2.45) is 0 Å². The fourth-order valence-corrected chi connectivity index (χ4v) is 2.69. The van der Waals surface area contributed by atoms with E-state index in [2.05, 4.69) is 31.1 Å². The van der Waals surface area contributed by atoms with E-state index in [1.807, 2.05) is 24.3 Å². The number of hydrogen-bond acceptors (Lipinski definition) is 3. The van der Waals surface area contributed by atoms with E-state index in [0.29, 0.717) is 18.0 Å². The lowest BCUT2D eigenvalue weighted by Gasteiger charge is -2.17. The van der Waals surface area contributed by atoms with Gasteiger partial charge in [0.25, 0.3) is 11.8 Å². The summed E-state index contributed by atoms with van der Waals surface area (Å²) in [5.41, 5.74) is 2.57. The van der Waals surface area contributed by atoms with Crippen LogP contribution in [-0.4, -0.2) is 35.3 Å². The van der Waals surface area contributed by atoms with Crippen LogP contribution in [0.3, 0.4) is 0 Å². The van der Waals surface area contributed by atoms with Crippen molar-refractivity contribution in [2.75, 3.05) is 18.9 Å². The lowest BCUT2D eigenvalue weighted by atomic mass is 10.0. The first kappa shape index (κ1) is 19.6. The van der Waals surface area contributed by atoms with E-state index in [1.54, 1.807) is 24.1 Å². The molecule has 2 rings (SSSR count). The molecule has 5 nitrogen and oxygen atoms in total. The largest absolute Gasteiger partial charge is 0.340 e. The molecule has 0 bridgehead atoms. The minimum Gasteiger partial charge on any atom is -0.340 e. The number of rotatable bonds is 7. The Labute approximate surface area is 155 Å². The van der Waals surface area contributed by atoms with Gasteiger partial charge in [0.1, 0.15) is 5.69 Å². The molecule has 138 valence electrons. The lowest BCUT2D eigenvalue weighted by Crippen LogP contribution is -2.28. The third-order valence-corrected chi connectivity index (χ3v) is 4.27. The Hall–Kier alpha value is -2.69. The van der Waals surface area contributed by atoms with E-state index in [1.165, 1.54) is 6.20 Å². The molecule has 0 spiro atoms. The standard InChI is InChI=1S/C21H27N3O2/c1-5-6-13-24(4)21(26)19-14-16(11-12-22-19)20(25)23-18-10-8-7-9-17(18)15(2)3/h7-12,14-15H,5-6,13H2,1-4H3,(H,23,25). The molecule has 1 N–H and O–H groups in total. The molecule has 0 saturated carbocycles. The summed E-state index contributed by atoms with van der Waals surface area (Å²) < 4.78 is 0. The first-order valence-electron chi connectivity index (χ1n) is 9.05. The van der Waals surface area contributed by atoms with Crippen molar-refractivity contribution in [3.63, 3.8) is 0 Å². The smallest absolute Gasteiger partial charge is 0.272 e. The topological polar surface area (TPSA) is 62.3 Å². The van der Waals surface area contributed by atoms with Gasteiger partial charge in [-0.1, -0.05) is 45.4 Å². The normalized spacial score (nSPS) is 10.7. The Morgan fingerprint density at radius 1 is 1.19 bits per heavy atom. The number of unbranched alkanes of at least 4 members (excludes halogenated alkanes) is 1. The maximum atomic E-state index is 12.6. The van der Waals surface area contributed by atoms with Crippen molar-refractivity contribution >= 4 is 17.5 Å². The molecule has 5 heteroatoms. The quantitative estimate of drug-likeness (QED) is 0.806. The molecule has 26 heavy (non-hydrogen) atoms. The number of nitrogens with one attached hydrogen (secondary N) is 1. The van der Waals surface area contributed by atoms with Crippen molar-refractivity contribution in [3.05, 3.63) is 59.4 Å². The van der Waals surface area contributed by atoms with E-state index >= 15 is 0 Å². The summed E-state index contributed by atoms with van der Waals surface area (Å²) in [6, 6.07) is 10.9. The van der Waals surface area contributed by atoms with Gasteiger partial charge in [-0.25, -0.2) is 0 Å². The maximum Gasteiger partial charge on any atom is 0.272 e. The molecular formula is C21H27N3O2. The predicted octanol–water partition coefficient (Wildman–Crippen LogP) is 4.33. The molecule has 2 aromatic rings. The van der Waals surface area contributed by atoms with Crippen molar-refractivity contribution in [1.29, 1.82) is 0 Å². The molecule has 0 radical (unpaired) electrons. The monoisotopic (exact) mass is 353 g/mol. The van der Waals surface area contributed by atoms with Crippen LogP contribution in [-0.2, 0) is 0 Å². The zero-order valence-corrected chi connectivity index (χ0v) is 16.0. The molecule has 1 aromatic heterocycles. The number of hydrogen-bond donors (Lipinski definition) is 1. The Morgan fingerprint density at radius 2 is 1.92 bits per heavy atom. The van der Waals surface area contributed by atoms with Crippen LogP contribution < -0.4 is 5.32 Å². The Bertz CT molecular complexity index is 771. The Balaban J connectivity index is 2.17. The number of aromatic nitrogens is 1. The van der Waals surface area contributed by atoms with Crippen LogP contribution in [0.25, 0.3) is 0 Å². The highest BCUT2D eigenvalue weighted by Crippen LogP contribution is 2.24. The molecule has 0 saturated heterocycles. The third kappa shape index (κ3) is 4.91. The van der Waals surface area contributed by atoms with Crippen LogP contribution in [0.15, 0.2) is 42.6 Å². The summed E-state index contributed by atoms with van der Waals surface area (Å²) in [5, 5.41) is 2.95. The number of nitrogens with zero attached hydrogens (tertiary/aromatic N) is 2. The molecule has 0 fully saturated rings. The molecule has 0 aliphatic heterocycles. The van der Waals surface area contributed by atoms with Crippen LogP contribution in [0, 0.1) is 0 Å². The van der Waals surface area contributed by atoms with Gasteiger partial charge in [-0.3, -0.25) is 14.6 Å². The zero-order valence-electron chi connectivity index (χ0n) is 16.0. The number of para-hydroxylation sites is 1. The van der Waals surface area contributed by atoms with Crippen LogP contribution in [0.1, 0.15) is 65.9 Å². The average molecular weight is 353 g/mol. The fourth-order valence-electron chi connectivity index (χ4n) is 2.69. The molecule has 0 aliphatic rings. The Morgan fingerprint density at radius 3 is 2.62 bits per heavy atom. The van der Waals surface area contributed by atoms with Gasteiger partial charge < -0.3 is 10.2 Å². The summed E-state index contributed by atoms with van der Waals surface area (Å²) in [5.74, 6) is -0.116. The fraction of sp³-hybridized carbons (Fsp3) is 0.381. The van der Waals surface area contributed by atoms with E-state index in [4.69, 9.17) is 0 Å². The van der Waals surface area contributed by atoms with Gasteiger partial charge in [0.2, 0.25) is 0 Å². The average Bonchev–Trinajstić information content (AvgIpc) is 2.65. The molecular weight excluding hydrogens is 326 g/mol. The van der Waals surface area contributed by atoms with E-state index in [-0.39, 0.29) is 17.5 Å². The first-order chi connectivity index (χ1) is 12.4. The van der Waals surface area contributed by atoms with Gasteiger partial charge in [0.05, 0.1) is 0 Å². The molecule has 0 atom stereocenters. The van der Waals surface area contributed by atoms with E-state index in [0.717, 1.165) is 24.1 Å². The lowest BCUT2D eigenvalue weighted by molar-refractivity contribution is 0.0787. The second-order valence-corrected chi connectivity index (χ2v) is 6.71. The summed E-state index contributed by atoms with van der Waals surface area (Å²) >= 11 is 0. The summed E-state index contributed by atoms with van der Waals surface area (Å²) in [6.45, 7) is 6.92. The highest BCUT2D eigenvalue weighted by molar-refractivity contribution is 6.06. The van der Waals surface area contributed by atoms with Gasteiger partial charge >= 0.3 is 0 Å². The molecule has 0 aliphatic carbocycles. The first-order valence-corrected chi connectivity index (χ1v) is 9.05. The SMILES string of the molecule is CCCCN(C)C(=O)c1cc(C(=O)Nc2ccccc2C(C)C)ccn1. The van der Waals surface area contributed by atoms with Gasteiger partial charge in [-0.2, -0.15) is 0 Å². The van der Waals surface area contributed by atoms with Crippen LogP contribution in [0.5, 0.6) is 0 Å². The number of anilines is 1. The van der Waals surface area contributed by atoms with E-state index in [9.17, 15) is 9.59 Å². The Kier molecular flexibility index (Phi) is 6.89. The third-order valence-electron chi connectivity index (χ3n) is 4.27. The van der Waals surface area contributed by atoms with Gasteiger partial charge in [0.15, 0.2) is 0 Å². The number of carbonyl (C=O) groups excluding carboxylic acids is 2. The second-order valence-electron chi connectivity index (χ2n) is 6.71. The van der Waals surface area contributed by atoms with Crippen molar-refractivity contribution in [3.8, 4) is 0 Å². The molecule has 1 aromatic carbocycles. The minimum absolute atomic E-state index is 0.171. The van der Waals surface area contributed by atoms with Crippen molar-refractivity contribution < 1.29 is 9.59 Å². The number of pyridine rings is 1. The van der Waals surface area contributed by atoms with Crippen LogP contribution in [0.2, 0.25) is 0 Å². The number of carbonyl (C=O) groups is 2. The summed E-state index contributed by atoms with van der Waals surface area (Å²) in [4.78, 5) is 30.9. The van der Waals surface area contributed by atoms with E-state index < -0.39 is 0 Å². The van der Waals surface area contributed by atoms with Crippen LogP contribution >= 0.6 is 0 Å². The highest BCUT2D eigenvalue weighted by atomic mass is 16.2. The van der Waals surface area contributed by atoms with Gasteiger partial charge in [-0.05, 0) is 36.1 Å². The van der Waals surface area contributed by atoms with Crippen molar-refractivity contribution in [1.82, 2.24) is 9.88 Å². The maximum absolute atomic E-state index is 12.6. The summed E-state index contributed by atoms with van der Waals surface area (Å²) in [7, 11) is 1.76. The molecule has 0 unspecified atom stereocenters. The zero-order chi connectivity index (χ0) is 19.1. The predicted molar refractivity (Wildman–Crippen MR) is 105 cm³/mol. The van der Waals surface area contributed by atoms with Gasteiger partial charge in [-0.15, -0.1) is 0 Å². The van der Waals surface area contributed by atoms with Gasteiger partial charge in [0, 0.05) is 31.0 Å². The number of amides is 2. The molecule has 1 heterocycles. The molecule has 2 amide bonds. The highest BCUT2D eigenvalue weighted by Gasteiger charge is 2.16. The minimum atomic E-state index is -0.245. The van der Waals surface area contributed by atoms with Crippen molar-refractivity contribution in [2.45, 2.75) is 39.5 Å². The number of benzene rings is 1. The van der Waals surface area contributed by atoms with Crippen LogP contribution in [0.4, 0.5) is 5.69 Å². The second kappa shape index (κ2) is 9.13. The summed E-state index contributed by atoms with van der Waals surface area (Å²) in [6.07, 6.45) is 3.46.